The number of aromatic nitrogens is 3. The van der Waals surface area contributed by atoms with E-state index in [1.807, 2.05) is 60.7 Å². The fraction of sp³-hybridized carbons (Fsp3) is 0. The third-order valence-corrected chi connectivity index (χ3v) is 10.5. The Morgan fingerprint density at radius 1 is 0.382 bits per heavy atom. The lowest BCUT2D eigenvalue weighted by molar-refractivity contribution is 0.366. The first-order valence-corrected chi connectivity index (χ1v) is 18.4. The van der Waals surface area contributed by atoms with Crippen LogP contribution >= 0.6 is 0 Å². The van der Waals surface area contributed by atoms with Crippen LogP contribution in [-0.4, -0.2) is 14.5 Å². The molecule has 5 heteroatoms. The number of benzene rings is 8. The van der Waals surface area contributed by atoms with Crippen molar-refractivity contribution in [3.05, 3.63) is 188 Å². The molecule has 0 unspecified atom stereocenters. The zero-order chi connectivity index (χ0) is 36.3. The average Bonchev–Trinajstić information content (AvgIpc) is 3.62. The minimum Gasteiger partial charge on any atom is -0.449 e. The molecular weight excluding hydrogens is 675 g/mol. The summed E-state index contributed by atoms with van der Waals surface area (Å²) in [5.74, 6) is 3.54. The van der Waals surface area contributed by atoms with Crippen molar-refractivity contribution in [3.8, 4) is 73.7 Å². The van der Waals surface area contributed by atoms with Crippen LogP contribution in [0, 0.1) is 0 Å². The highest BCUT2D eigenvalue weighted by Crippen LogP contribution is 2.54. The summed E-state index contributed by atoms with van der Waals surface area (Å²) in [4.78, 5) is 10.1. The Balaban J connectivity index is 1.04. The molecule has 0 aliphatic carbocycles. The van der Waals surface area contributed by atoms with E-state index < -0.39 is 0 Å². The van der Waals surface area contributed by atoms with Crippen LogP contribution in [0.25, 0.3) is 83.3 Å². The zero-order valence-electron chi connectivity index (χ0n) is 29.6. The Morgan fingerprint density at radius 3 is 1.62 bits per heavy atom. The van der Waals surface area contributed by atoms with E-state index in [2.05, 4.69) is 132 Å². The van der Waals surface area contributed by atoms with Gasteiger partial charge in [0.2, 0.25) is 0 Å². The first-order valence-electron chi connectivity index (χ1n) is 18.4. The number of rotatable bonds is 5. The molecule has 258 valence electrons. The lowest BCUT2D eigenvalue weighted by atomic mass is 10.0. The van der Waals surface area contributed by atoms with Crippen molar-refractivity contribution in [2.24, 2.45) is 0 Å². The van der Waals surface area contributed by atoms with Gasteiger partial charge < -0.3 is 14.0 Å². The molecule has 3 heterocycles. The fourth-order valence-electron chi connectivity index (χ4n) is 7.89. The second-order valence-corrected chi connectivity index (χ2v) is 13.8. The van der Waals surface area contributed by atoms with Gasteiger partial charge in [-0.2, -0.15) is 0 Å². The van der Waals surface area contributed by atoms with E-state index in [9.17, 15) is 0 Å². The van der Waals surface area contributed by atoms with E-state index in [-0.39, 0.29) is 0 Å². The van der Waals surface area contributed by atoms with Gasteiger partial charge in [-0.3, -0.25) is 0 Å². The SMILES string of the molecule is c1ccc(-c2cc(-c3ccccc3)nc(-c3cccc(-c4ccc(-n5c6ccccc6c6c7ccccc7c7c(c65)Oc5ccccc5O7)cc4)c3)n2)cc1. The molecule has 0 fully saturated rings. The molecule has 0 radical (unpaired) electrons. The van der Waals surface area contributed by atoms with Crippen LogP contribution < -0.4 is 9.47 Å². The summed E-state index contributed by atoms with van der Waals surface area (Å²) in [5.41, 5.74) is 10.1. The lowest BCUT2D eigenvalue weighted by Gasteiger charge is -2.24. The maximum atomic E-state index is 6.75. The Kier molecular flexibility index (Phi) is 7.10. The molecule has 0 saturated carbocycles. The van der Waals surface area contributed by atoms with Gasteiger partial charge in [-0.15, -0.1) is 0 Å². The largest absolute Gasteiger partial charge is 0.449 e. The molecule has 10 aromatic rings. The first kappa shape index (κ1) is 31.1. The fourth-order valence-corrected chi connectivity index (χ4v) is 7.89. The van der Waals surface area contributed by atoms with Crippen LogP contribution in [-0.2, 0) is 0 Å². The molecule has 11 rings (SSSR count). The van der Waals surface area contributed by atoms with Crippen molar-refractivity contribution >= 4 is 32.6 Å². The van der Waals surface area contributed by atoms with Crippen LogP contribution in [0.1, 0.15) is 0 Å². The van der Waals surface area contributed by atoms with Gasteiger partial charge in [-0.05, 0) is 59.0 Å². The van der Waals surface area contributed by atoms with E-state index >= 15 is 0 Å². The molecular formula is C50H31N3O2. The zero-order valence-corrected chi connectivity index (χ0v) is 29.6. The molecule has 1 aliphatic heterocycles. The van der Waals surface area contributed by atoms with E-state index in [1.54, 1.807) is 0 Å². The predicted octanol–water partition coefficient (Wildman–Crippen LogP) is 13.3. The molecule has 0 saturated heterocycles. The number of ether oxygens (including phenoxy) is 2. The van der Waals surface area contributed by atoms with Gasteiger partial charge in [-0.1, -0.05) is 146 Å². The molecule has 5 nitrogen and oxygen atoms in total. The Morgan fingerprint density at radius 2 is 0.927 bits per heavy atom. The van der Waals surface area contributed by atoms with Gasteiger partial charge in [0, 0.05) is 38.5 Å². The Bertz CT molecular complexity index is 3020. The van der Waals surface area contributed by atoms with Gasteiger partial charge in [0.15, 0.2) is 28.8 Å². The molecule has 0 amide bonds. The van der Waals surface area contributed by atoms with Gasteiger partial charge in [0.25, 0.3) is 0 Å². The summed E-state index contributed by atoms with van der Waals surface area (Å²) in [5, 5.41) is 4.43. The van der Waals surface area contributed by atoms with Crippen molar-refractivity contribution in [1.29, 1.82) is 0 Å². The Hall–Kier alpha value is -7.50. The van der Waals surface area contributed by atoms with E-state index in [0.717, 1.165) is 83.2 Å². The van der Waals surface area contributed by atoms with Crippen LogP contribution in [0.5, 0.6) is 23.0 Å². The van der Waals surface area contributed by atoms with E-state index in [1.165, 1.54) is 0 Å². The summed E-state index contributed by atoms with van der Waals surface area (Å²) in [6, 6.07) is 64.8. The highest BCUT2D eigenvalue weighted by atomic mass is 16.6. The third-order valence-electron chi connectivity index (χ3n) is 10.5. The van der Waals surface area contributed by atoms with Crippen LogP contribution in [0.15, 0.2) is 188 Å². The third kappa shape index (κ3) is 5.17. The summed E-state index contributed by atoms with van der Waals surface area (Å²) >= 11 is 0. The van der Waals surface area contributed by atoms with Crippen molar-refractivity contribution in [2.45, 2.75) is 0 Å². The molecule has 55 heavy (non-hydrogen) atoms. The number of hydrogen-bond donors (Lipinski definition) is 0. The maximum Gasteiger partial charge on any atom is 0.195 e. The van der Waals surface area contributed by atoms with Gasteiger partial charge in [0.1, 0.15) is 5.52 Å². The Labute approximate surface area is 317 Å². The average molecular weight is 706 g/mol. The van der Waals surface area contributed by atoms with Gasteiger partial charge >= 0.3 is 0 Å². The van der Waals surface area contributed by atoms with E-state index in [0.29, 0.717) is 23.1 Å². The first-order chi connectivity index (χ1) is 27.3. The molecule has 0 atom stereocenters. The lowest BCUT2D eigenvalue weighted by Crippen LogP contribution is -2.03. The minimum atomic E-state index is 0.685. The maximum absolute atomic E-state index is 6.75. The van der Waals surface area contributed by atoms with Crippen molar-refractivity contribution < 1.29 is 9.47 Å². The summed E-state index contributed by atoms with van der Waals surface area (Å²) < 4.78 is 15.7. The minimum absolute atomic E-state index is 0.685. The quantitative estimate of drug-likeness (QED) is 0.179. The normalized spacial score (nSPS) is 11.9. The van der Waals surface area contributed by atoms with Crippen LogP contribution in [0.4, 0.5) is 0 Å². The monoisotopic (exact) mass is 705 g/mol. The molecule has 0 N–H and O–H groups in total. The standard InChI is InChI=1S/C50H31N3O2/c1-3-14-33(15-4-1)41-31-42(34-16-5-2-6-17-34)52-50(51-41)36-19-13-18-35(30-36)32-26-28-37(29-27-32)53-43-23-10-9-22-40(43)46-38-20-7-8-21-39(38)48-49(47(46)53)55-45-25-12-11-24-44(45)54-48/h1-31H. The molecule has 0 spiro atoms. The predicted molar refractivity (Wildman–Crippen MR) is 222 cm³/mol. The second-order valence-electron chi connectivity index (χ2n) is 13.8. The summed E-state index contributed by atoms with van der Waals surface area (Å²) in [6.07, 6.45) is 0. The van der Waals surface area contributed by atoms with Gasteiger partial charge in [-0.25, -0.2) is 9.97 Å². The molecule has 0 bridgehead atoms. The number of fused-ring (bicyclic) bond motifs is 9. The molecule has 1 aliphatic rings. The highest BCUT2D eigenvalue weighted by molar-refractivity contribution is 6.25. The number of nitrogens with zero attached hydrogens (tertiary/aromatic N) is 3. The highest BCUT2D eigenvalue weighted by Gasteiger charge is 2.29. The van der Waals surface area contributed by atoms with E-state index in [4.69, 9.17) is 19.4 Å². The second kappa shape index (κ2) is 12.6. The summed E-state index contributed by atoms with van der Waals surface area (Å²) in [6.45, 7) is 0. The molecule has 2 aromatic heterocycles. The van der Waals surface area contributed by atoms with Crippen LogP contribution in [0.2, 0.25) is 0 Å². The van der Waals surface area contributed by atoms with Crippen molar-refractivity contribution in [2.75, 3.05) is 0 Å². The summed E-state index contributed by atoms with van der Waals surface area (Å²) in [7, 11) is 0. The molecule has 8 aromatic carbocycles. The number of para-hydroxylation sites is 3. The number of hydrogen-bond acceptors (Lipinski definition) is 4. The topological polar surface area (TPSA) is 49.2 Å². The van der Waals surface area contributed by atoms with Crippen molar-refractivity contribution in [1.82, 2.24) is 14.5 Å². The van der Waals surface area contributed by atoms with Gasteiger partial charge in [0.05, 0.1) is 16.9 Å². The van der Waals surface area contributed by atoms with Crippen molar-refractivity contribution in [3.63, 3.8) is 0 Å². The van der Waals surface area contributed by atoms with Crippen LogP contribution in [0.3, 0.4) is 0 Å². The smallest absolute Gasteiger partial charge is 0.195 e.